The monoisotopic (exact) mass is 293 g/mol. The van der Waals surface area contributed by atoms with Gasteiger partial charge >= 0.3 is 0 Å². The van der Waals surface area contributed by atoms with Crippen LogP contribution in [-0.2, 0) is 17.9 Å². The molecule has 0 bridgehead atoms. The van der Waals surface area contributed by atoms with E-state index in [-0.39, 0.29) is 24.9 Å². The number of halogens is 2. The maximum Gasteiger partial charge on any atom is 0.240 e. The standard InChI is InChI=1S/C15H17F2N3O/c1-10(2)15-18-3-4-20(15)9-14(21)19-8-11-5-12(16)7-13(17)6-11/h3-7,10H,8-9H2,1-2H3,(H,19,21). The lowest BCUT2D eigenvalue weighted by molar-refractivity contribution is -0.121. The number of nitrogens with one attached hydrogen (secondary N) is 1. The fraction of sp³-hybridized carbons (Fsp3) is 0.333. The Hall–Kier alpha value is -2.24. The molecule has 1 aromatic heterocycles. The Morgan fingerprint density at radius 2 is 1.95 bits per heavy atom. The summed E-state index contributed by atoms with van der Waals surface area (Å²) in [6, 6.07) is 3.19. The van der Waals surface area contributed by atoms with E-state index in [0.29, 0.717) is 5.56 Å². The summed E-state index contributed by atoms with van der Waals surface area (Å²) in [5, 5.41) is 2.64. The summed E-state index contributed by atoms with van der Waals surface area (Å²) in [6.07, 6.45) is 3.38. The minimum absolute atomic E-state index is 0.0826. The Labute approximate surface area is 121 Å². The van der Waals surface area contributed by atoms with Crippen LogP contribution in [0.2, 0.25) is 0 Å². The van der Waals surface area contributed by atoms with Crippen molar-refractivity contribution in [2.45, 2.75) is 32.9 Å². The number of amides is 1. The zero-order valence-corrected chi connectivity index (χ0v) is 11.9. The average molecular weight is 293 g/mol. The topological polar surface area (TPSA) is 46.9 Å². The van der Waals surface area contributed by atoms with E-state index in [4.69, 9.17) is 0 Å². The molecule has 0 aliphatic carbocycles. The van der Waals surface area contributed by atoms with E-state index in [1.54, 1.807) is 17.0 Å². The van der Waals surface area contributed by atoms with Crippen LogP contribution in [-0.4, -0.2) is 15.5 Å². The first-order valence-electron chi connectivity index (χ1n) is 6.68. The van der Waals surface area contributed by atoms with Crippen molar-refractivity contribution >= 4 is 5.91 Å². The molecule has 0 saturated carbocycles. The molecule has 0 saturated heterocycles. The maximum atomic E-state index is 13.0. The van der Waals surface area contributed by atoms with Crippen LogP contribution in [0.4, 0.5) is 8.78 Å². The first kappa shape index (κ1) is 15.2. The molecule has 21 heavy (non-hydrogen) atoms. The summed E-state index contributed by atoms with van der Waals surface area (Å²) in [4.78, 5) is 16.1. The second kappa shape index (κ2) is 6.47. The smallest absolute Gasteiger partial charge is 0.240 e. The first-order chi connectivity index (χ1) is 9.95. The summed E-state index contributed by atoms with van der Waals surface area (Å²) >= 11 is 0. The van der Waals surface area contributed by atoms with Crippen LogP contribution in [0, 0.1) is 11.6 Å². The minimum atomic E-state index is -0.657. The summed E-state index contributed by atoms with van der Waals surface area (Å²) in [5.74, 6) is -0.515. The van der Waals surface area contributed by atoms with Gasteiger partial charge in [0.25, 0.3) is 0 Å². The molecule has 0 aliphatic heterocycles. The number of benzene rings is 1. The Morgan fingerprint density at radius 1 is 1.29 bits per heavy atom. The first-order valence-corrected chi connectivity index (χ1v) is 6.68. The number of carbonyl (C=O) groups excluding carboxylic acids is 1. The minimum Gasteiger partial charge on any atom is -0.350 e. The van der Waals surface area contributed by atoms with Crippen molar-refractivity contribution in [3.8, 4) is 0 Å². The molecule has 0 aliphatic rings. The van der Waals surface area contributed by atoms with Crippen LogP contribution in [0.3, 0.4) is 0 Å². The van der Waals surface area contributed by atoms with Crippen LogP contribution in [0.15, 0.2) is 30.6 Å². The summed E-state index contributed by atoms with van der Waals surface area (Å²) in [6.45, 7) is 4.20. The van der Waals surface area contributed by atoms with Crippen LogP contribution in [0.5, 0.6) is 0 Å². The molecular weight excluding hydrogens is 276 g/mol. The molecule has 1 heterocycles. The second-order valence-electron chi connectivity index (χ2n) is 5.12. The maximum absolute atomic E-state index is 13.0. The molecule has 1 N–H and O–H groups in total. The molecule has 0 unspecified atom stereocenters. The lowest BCUT2D eigenvalue weighted by Gasteiger charge is -2.11. The average Bonchev–Trinajstić information content (AvgIpc) is 2.83. The number of hydrogen-bond acceptors (Lipinski definition) is 2. The molecule has 1 aromatic carbocycles. The Kier molecular flexibility index (Phi) is 4.67. The van der Waals surface area contributed by atoms with Crippen molar-refractivity contribution < 1.29 is 13.6 Å². The lowest BCUT2D eigenvalue weighted by Crippen LogP contribution is -2.27. The van der Waals surface area contributed by atoms with Crippen molar-refractivity contribution in [3.05, 3.63) is 53.6 Å². The van der Waals surface area contributed by atoms with Crippen molar-refractivity contribution in [1.29, 1.82) is 0 Å². The highest BCUT2D eigenvalue weighted by atomic mass is 19.1. The van der Waals surface area contributed by atoms with Gasteiger partial charge in [-0.15, -0.1) is 0 Å². The van der Waals surface area contributed by atoms with Gasteiger partial charge in [-0.1, -0.05) is 13.8 Å². The van der Waals surface area contributed by atoms with E-state index in [0.717, 1.165) is 11.9 Å². The van der Waals surface area contributed by atoms with Crippen molar-refractivity contribution in [2.24, 2.45) is 0 Å². The SMILES string of the molecule is CC(C)c1nccn1CC(=O)NCc1cc(F)cc(F)c1. The van der Waals surface area contributed by atoms with Gasteiger partial charge in [0.15, 0.2) is 0 Å². The zero-order valence-electron chi connectivity index (χ0n) is 11.9. The fourth-order valence-corrected chi connectivity index (χ4v) is 2.08. The quantitative estimate of drug-likeness (QED) is 0.921. The van der Waals surface area contributed by atoms with E-state index in [9.17, 15) is 13.6 Å². The van der Waals surface area contributed by atoms with E-state index in [1.165, 1.54) is 12.1 Å². The number of carbonyl (C=O) groups is 1. The molecule has 4 nitrogen and oxygen atoms in total. The van der Waals surface area contributed by atoms with Gasteiger partial charge in [-0.3, -0.25) is 4.79 Å². The molecule has 0 fully saturated rings. The van der Waals surface area contributed by atoms with Gasteiger partial charge in [0.1, 0.15) is 24.0 Å². The zero-order chi connectivity index (χ0) is 15.4. The van der Waals surface area contributed by atoms with Gasteiger partial charge in [0, 0.05) is 30.9 Å². The predicted molar refractivity (Wildman–Crippen MR) is 74.5 cm³/mol. The third-order valence-corrected chi connectivity index (χ3v) is 2.99. The number of imidazole rings is 1. The fourth-order valence-electron chi connectivity index (χ4n) is 2.08. The summed E-state index contributed by atoms with van der Waals surface area (Å²) in [7, 11) is 0. The third kappa shape index (κ3) is 4.11. The van der Waals surface area contributed by atoms with Crippen LogP contribution < -0.4 is 5.32 Å². The molecule has 2 aromatic rings. The molecule has 112 valence electrons. The highest BCUT2D eigenvalue weighted by Crippen LogP contribution is 2.11. The Morgan fingerprint density at radius 3 is 2.57 bits per heavy atom. The van der Waals surface area contributed by atoms with Gasteiger partial charge in [0.2, 0.25) is 5.91 Å². The Bertz CT molecular complexity index is 617. The van der Waals surface area contributed by atoms with Gasteiger partial charge in [0.05, 0.1) is 0 Å². The van der Waals surface area contributed by atoms with Crippen LogP contribution in [0.25, 0.3) is 0 Å². The third-order valence-electron chi connectivity index (χ3n) is 2.99. The predicted octanol–water partition coefficient (Wildman–Crippen LogP) is 2.60. The molecular formula is C15H17F2N3O. The molecule has 0 radical (unpaired) electrons. The summed E-state index contributed by atoms with van der Waals surface area (Å²) in [5.41, 5.74) is 0.385. The number of nitrogens with zero attached hydrogens (tertiary/aromatic N) is 2. The van der Waals surface area contributed by atoms with E-state index in [1.807, 2.05) is 13.8 Å². The van der Waals surface area contributed by atoms with Crippen molar-refractivity contribution in [2.75, 3.05) is 0 Å². The number of rotatable bonds is 5. The van der Waals surface area contributed by atoms with Gasteiger partial charge in [-0.2, -0.15) is 0 Å². The largest absolute Gasteiger partial charge is 0.350 e. The van der Waals surface area contributed by atoms with Crippen molar-refractivity contribution in [1.82, 2.24) is 14.9 Å². The van der Waals surface area contributed by atoms with Gasteiger partial charge in [-0.25, -0.2) is 13.8 Å². The van der Waals surface area contributed by atoms with E-state index >= 15 is 0 Å². The van der Waals surface area contributed by atoms with E-state index < -0.39 is 11.6 Å². The van der Waals surface area contributed by atoms with Crippen LogP contribution in [0.1, 0.15) is 31.2 Å². The number of aromatic nitrogens is 2. The van der Waals surface area contributed by atoms with Gasteiger partial charge < -0.3 is 9.88 Å². The lowest BCUT2D eigenvalue weighted by atomic mass is 10.2. The summed E-state index contributed by atoms with van der Waals surface area (Å²) < 4.78 is 27.8. The number of hydrogen-bond donors (Lipinski definition) is 1. The highest BCUT2D eigenvalue weighted by Gasteiger charge is 2.10. The molecule has 0 atom stereocenters. The van der Waals surface area contributed by atoms with Gasteiger partial charge in [-0.05, 0) is 17.7 Å². The van der Waals surface area contributed by atoms with Crippen LogP contribution >= 0.6 is 0 Å². The Balaban J connectivity index is 1.94. The highest BCUT2D eigenvalue weighted by molar-refractivity contribution is 5.75. The second-order valence-corrected chi connectivity index (χ2v) is 5.12. The van der Waals surface area contributed by atoms with Crippen molar-refractivity contribution in [3.63, 3.8) is 0 Å². The molecule has 2 rings (SSSR count). The molecule has 6 heteroatoms. The normalized spacial score (nSPS) is 10.9. The van der Waals surface area contributed by atoms with E-state index in [2.05, 4.69) is 10.3 Å². The molecule has 0 spiro atoms. The molecule has 1 amide bonds.